The van der Waals surface area contributed by atoms with Crippen LogP contribution in [0, 0.1) is 0 Å². The molecule has 1 amide bonds. The summed E-state index contributed by atoms with van der Waals surface area (Å²) in [7, 11) is -2.51. The number of aromatic nitrogens is 1. The molecule has 0 bridgehead atoms. The van der Waals surface area contributed by atoms with Gasteiger partial charge in [0.15, 0.2) is 0 Å². The van der Waals surface area contributed by atoms with Gasteiger partial charge < -0.3 is 21.7 Å². The van der Waals surface area contributed by atoms with Gasteiger partial charge in [-0.15, -0.1) is 0 Å². The van der Waals surface area contributed by atoms with Crippen LogP contribution in [0.3, 0.4) is 0 Å². The van der Waals surface area contributed by atoms with E-state index in [0.717, 1.165) is 31.2 Å². The van der Waals surface area contributed by atoms with E-state index < -0.39 is 10.7 Å². The Kier molecular flexibility index (Phi) is 5.68. The molecule has 1 aromatic carbocycles. The van der Waals surface area contributed by atoms with Crippen molar-refractivity contribution < 1.29 is 13.2 Å². The highest BCUT2D eigenvalue weighted by Crippen LogP contribution is 2.30. The number of nitrogens with zero attached hydrogens (tertiary/aromatic N) is 1. The Labute approximate surface area is 171 Å². The molecule has 1 aliphatic carbocycles. The van der Waals surface area contributed by atoms with Crippen LogP contribution in [-0.4, -0.2) is 31.4 Å². The fourth-order valence-corrected chi connectivity index (χ4v) is 4.48. The van der Waals surface area contributed by atoms with Crippen LogP contribution in [0.2, 0.25) is 0 Å². The fourth-order valence-electron chi connectivity index (χ4n) is 3.98. The molecule has 4 rings (SSSR count). The average Bonchev–Trinajstić information content (AvgIpc) is 3.04. The first-order valence-electron chi connectivity index (χ1n) is 9.81. The highest BCUT2D eigenvalue weighted by atomic mass is 32.2. The van der Waals surface area contributed by atoms with Gasteiger partial charge in [0.2, 0.25) is 0 Å². The van der Waals surface area contributed by atoms with Crippen LogP contribution in [0.15, 0.2) is 30.3 Å². The Bertz CT molecular complexity index is 1000. The van der Waals surface area contributed by atoms with E-state index >= 15 is 0 Å². The molecule has 1 aromatic heterocycles. The summed E-state index contributed by atoms with van der Waals surface area (Å²) in [5, 5.41) is 9.48. The molecule has 2 aromatic rings. The van der Waals surface area contributed by atoms with Gasteiger partial charge in [0, 0.05) is 24.3 Å². The lowest BCUT2D eigenvalue weighted by atomic mass is 9.91. The molecular formula is C20H25N5O3S. The van der Waals surface area contributed by atoms with Gasteiger partial charge >= 0.3 is 0 Å². The molecule has 29 heavy (non-hydrogen) atoms. The SMILES string of the molecule is N[C@H]1CCCC[C@H]1Nc1cc2c(c(Nc3cccc(C[SH](=O)=O)c3)n1)C(=O)NC2. The number of nitrogens with two attached hydrogens (primary N) is 1. The summed E-state index contributed by atoms with van der Waals surface area (Å²) < 4.78 is 22.1. The second kappa shape index (κ2) is 8.38. The second-order valence-corrected chi connectivity index (χ2v) is 8.57. The van der Waals surface area contributed by atoms with Crippen LogP contribution >= 0.6 is 0 Å². The molecule has 2 heterocycles. The van der Waals surface area contributed by atoms with Crippen molar-refractivity contribution in [1.29, 1.82) is 0 Å². The predicted molar refractivity (Wildman–Crippen MR) is 113 cm³/mol. The molecule has 0 radical (unpaired) electrons. The molecule has 0 spiro atoms. The zero-order valence-electron chi connectivity index (χ0n) is 16.0. The summed E-state index contributed by atoms with van der Waals surface area (Å²) >= 11 is 0. The molecule has 154 valence electrons. The molecule has 5 N–H and O–H groups in total. The molecule has 1 aliphatic heterocycles. The molecule has 9 heteroatoms. The Morgan fingerprint density at radius 1 is 1.21 bits per heavy atom. The number of pyridine rings is 1. The number of rotatable bonds is 6. The monoisotopic (exact) mass is 415 g/mol. The van der Waals surface area contributed by atoms with Gasteiger partial charge in [0.25, 0.3) is 5.91 Å². The lowest BCUT2D eigenvalue weighted by molar-refractivity contribution is 0.0966. The Balaban J connectivity index is 1.63. The zero-order valence-corrected chi connectivity index (χ0v) is 16.9. The highest BCUT2D eigenvalue weighted by Gasteiger charge is 2.27. The Morgan fingerprint density at radius 3 is 2.83 bits per heavy atom. The van der Waals surface area contributed by atoms with Crippen molar-refractivity contribution in [2.45, 2.75) is 50.1 Å². The average molecular weight is 416 g/mol. The number of hydrogen-bond donors (Lipinski definition) is 5. The van der Waals surface area contributed by atoms with Gasteiger partial charge in [-0.1, -0.05) is 25.0 Å². The van der Waals surface area contributed by atoms with Crippen LogP contribution in [0.1, 0.15) is 47.2 Å². The van der Waals surface area contributed by atoms with Gasteiger partial charge in [0.1, 0.15) is 22.3 Å². The largest absolute Gasteiger partial charge is 0.366 e. The number of thiol groups is 1. The maximum absolute atomic E-state index is 12.3. The first kappa shape index (κ1) is 19.7. The van der Waals surface area contributed by atoms with Crippen molar-refractivity contribution in [3.8, 4) is 0 Å². The maximum atomic E-state index is 12.3. The molecule has 2 aliphatic rings. The number of fused-ring (bicyclic) bond motifs is 1. The summed E-state index contributed by atoms with van der Waals surface area (Å²) in [6, 6.07) is 9.24. The van der Waals surface area contributed by atoms with Gasteiger partial charge in [-0.05, 0) is 42.2 Å². The van der Waals surface area contributed by atoms with Crippen molar-refractivity contribution in [1.82, 2.24) is 10.3 Å². The van der Waals surface area contributed by atoms with Crippen LogP contribution in [0.5, 0.6) is 0 Å². The first-order valence-corrected chi connectivity index (χ1v) is 11.2. The van der Waals surface area contributed by atoms with E-state index in [1.165, 1.54) is 0 Å². The lowest BCUT2D eigenvalue weighted by Crippen LogP contribution is -2.42. The summed E-state index contributed by atoms with van der Waals surface area (Å²) in [5.41, 5.74) is 9.00. The van der Waals surface area contributed by atoms with Gasteiger partial charge in [-0.2, -0.15) is 0 Å². The number of carbonyl (C=O) groups excluding carboxylic acids is 1. The van der Waals surface area contributed by atoms with Crippen LogP contribution in [0.25, 0.3) is 0 Å². The maximum Gasteiger partial charge on any atom is 0.255 e. The molecule has 0 saturated heterocycles. The number of amides is 1. The minimum atomic E-state index is -2.51. The van der Waals surface area contributed by atoms with E-state index in [0.29, 0.717) is 35.0 Å². The van der Waals surface area contributed by atoms with E-state index in [1.54, 1.807) is 18.2 Å². The predicted octanol–water partition coefficient (Wildman–Crippen LogP) is 1.86. The van der Waals surface area contributed by atoms with E-state index in [9.17, 15) is 13.2 Å². The third kappa shape index (κ3) is 4.51. The summed E-state index contributed by atoms with van der Waals surface area (Å²) in [5.74, 6) is 0.935. The normalized spacial score (nSPS) is 21.0. The number of anilines is 3. The highest BCUT2D eigenvalue weighted by molar-refractivity contribution is 7.71. The van der Waals surface area contributed by atoms with Crippen molar-refractivity contribution >= 4 is 33.9 Å². The molecule has 1 saturated carbocycles. The van der Waals surface area contributed by atoms with Crippen molar-refractivity contribution in [2.75, 3.05) is 10.6 Å². The first-order chi connectivity index (χ1) is 14.0. The Hall–Kier alpha value is -2.65. The summed E-state index contributed by atoms with van der Waals surface area (Å²) in [4.78, 5) is 17.0. The van der Waals surface area contributed by atoms with E-state index in [2.05, 4.69) is 20.9 Å². The zero-order chi connectivity index (χ0) is 20.4. The second-order valence-electron chi connectivity index (χ2n) is 7.59. The van der Waals surface area contributed by atoms with E-state index in [4.69, 9.17) is 5.73 Å². The molecule has 0 unspecified atom stereocenters. The third-order valence-corrected chi connectivity index (χ3v) is 6.05. The number of nitrogens with one attached hydrogen (secondary N) is 3. The third-order valence-electron chi connectivity index (χ3n) is 5.42. The van der Waals surface area contributed by atoms with E-state index in [-0.39, 0.29) is 23.7 Å². The van der Waals surface area contributed by atoms with Crippen molar-refractivity contribution in [3.63, 3.8) is 0 Å². The van der Waals surface area contributed by atoms with Crippen molar-refractivity contribution in [3.05, 3.63) is 47.0 Å². The standard InChI is InChI=1S/C20H25N5O3S/c21-15-6-1-2-7-16(15)24-17-9-13-10-22-20(26)18(13)19(25-17)23-14-5-3-4-12(8-14)11-29(27)28/h3-5,8-9,15-16,29H,1-2,6-7,10-11,21H2,(H,22,26)(H2,23,24,25)/t15-,16+/m0/s1. The topological polar surface area (TPSA) is 126 Å². The molecule has 8 nitrogen and oxygen atoms in total. The number of carbonyl (C=O) groups is 1. The summed E-state index contributed by atoms with van der Waals surface area (Å²) in [6.07, 6.45) is 4.27. The van der Waals surface area contributed by atoms with Gasteiger partial charge in [-0.3, -0.25) is 4.79 Å². The van der Waals surface area contributed by atoms with Gasteiger partial charge in [-0.25, -0.2) is 13.4 Å². The quantitative estimate of drug-likeness (QED) is 0.456. The smallest absolute Gasteiger partial charge is 0.255 e. The Morgan fingerprint density at radius 2 is 2.03 bits per heavy atom. The van der Waals surface area contributed by atoms with Gasteiger partial charge in [0.05, 0.1) is 11.3 Å². The number of hydrogen-bond acceptors (Lipinski definition) is 7. The minimum absolute atomic E-state index is 0.0297. The summed E-state index contributed by atoms with van der Waals surface area (Å²) in [6.45, 7) is 0.452. The molecule has 1 fully saturated rings. The van der Waals surface area contributed by atoms with Crippen LogP contribution < -0.4 is 21.7 Å². The molecule has 2 atom stereocenters. The van der Waals surface area contributed by atoms with Crippen LogP contribution in [0.4, 0.5) is 17.3 Å². The molecular weight excluding hydrogens is 390 g/mol. The van der Waals surface area contributed by atoms with Crippen LogP contribution in [-0.2, 0) is 23.0 Å². The lowest BCUT2D eigenvalue weighted by Gasteiger charge is -2.30. The fraction of sp³-hybridized carbons (Fsp3) is 0.400. The van der Waals surface area contributed by atoms with E-state index in [1.807, 2.05) is 12.1 Å². The number of benzene rings is 1. The van der Waals surface area contributed by atoms with Crippen molar-refractivity contribution in [2.24, 2.45) is 5.73 Å². The minimum Gasteiger partial charge on any atom is -0.366 e.